The number of nitrogens with zero attached hydrogens (tertiary/aromatic N) is 1. The van der Waals surface area contributed by atoms with Crippen LogP contribution in [-0.4, -0.2) is 30.4 Å². The van der Waals surface area contributed by atoms with Crippen molar-refractivity contribution in [2.45, 2.75) is 25.8 Å². The van der Waals surface area contributed by atoms with Crippen molar-refractivity contribution in [1.29, 1.82) is 0 Å². The number of hydrogen-bond donors (Lipinski definition) is 0. The Balaban J connectivity index is 2.17. The molecule has 2 heteroatoms. The summed E-state index contributed by atoms with van der Waals surface area (Å²) in [6.45, 7) is 3.32. The van der Waals surface area contributed by atoms with Crippen LogP contribution in [0, 0.1) is 5.92 Å². The Labute approximate surface area is 68.4 Å². The normalized spacial score (nSPS) is 21.6. The van der Waals surface area contributed by atoms with E-state index in [1.165, 1.54) is 12.8 Å². The lowest BCUT2D eigenvalue weighted by Gasteiger charge is -2.23. The Morgan fingerprint density at radius 2 is 2.20 bits per heavy atom. The average molecular weight is 162 g/mol. The van der Waals surface area contributed by atoms with Gasteiger partial charge < -0.3 is 4.90 Å². The summed E-state index contributed by atoms with van der Waals surface area (Å²) in [5.41, 5.74) is 0. The molecular weight excluding hydrogens is 146 g/mol. The van der Waals surface area contributed by atoms with E-state index in [0.29, 0.717) is 0 Å². The lowest BCUT2D eigenvalue weighted by atomic mass is 10.2. The van der Waals surface area contributed by atoms with Gasteiger partial charge in [-0.1, -0.05) is 0 Å². The largest absolute Gasteiger partial charge is 0.302 e. The molecule has 0 spiro atoms. The Hall–Kier alpha value is 0.250. The van der Waals surface area contributed by atoms with E-state index in [1.807, 2.05) is 0 Å². The monoisotopic (exact) mass is 161 g/mol. The lowest BCUT2D eigenvalue weighted by molar-refractivity contribution is 0.248. The zero-order chi connectivity index (χ0) is 7.56. The van der Waals surface area contributed by atoms with Crippen LogP contribution in [0.5, 0.6) is 0 Å². The molecule has 1 atom stereocenters. The summed E-state index contributed by atoms with van der Waals surface area (Å²) < 4.78 is 0. The molecule has 0 aromatic rings. The fourth-order valence-corrected chi connectivity index (χ4v) is 1.54. The van der Waals surface area contributed by atoms with Crippen LogP contribution in [-0.2, 0) is 0 Å². The lowest BCUT2D eigenvalue weighted by Crippen LogP contribution is -2.32. The van der Waals surface area contributed by atoms with Crippen LogP contribution in [0.15, 0.2) is 0 Å². The minimum absolute atomic E-state index is 0.749. The van der Waals surface area contributed by atoms with E-state index in [4.69, 9.17) is 11.6 Å². The number of halogens is 1. The second kappa shape index (κ2) is 3.59. The fraction of sp³-hybridized carbons (Fsp3) is 1.00. The van der Waals surface area contributed by atoms with Crippen molar-refractivity contribution in [3.63, 3.8) is 0 Å². The van der Waals surface area contributed by atoms with E-state index < -0.39 is 0 Å². The van der Waals surface area contributed by atoms with Crippen molar-refractivity contribution < 1.29 is 0 Å². The van der Waals surface area contributed by atoms with Gasteiger partial charge in [-0.15, -0.1) is 11.6 Å². The molecule has 1 saturated carbocycles. The van der Waals surface area contributed by atoms with E-state index in [1.54, 1.807) is 0 Å². The van der Waals surface area contributed by atoms with Gasteiger partial charge in [-0.3, -0.25) is 0 Å². The molecule has 0 N–H and O–H groups in total. The van der Waals surface area contributed by atoms with Gasteiger partial charge in [0.25, 0.3) is 0 Å². The molecule has 0 aromatic carbocycles. The molecule has 0 heterocycles. The summed E-state index contributed by atoms with van der Waals surface area (Å²) in [4.78, 5) is 2.35. The molecule has 1 unspecified atom stereocenters. The van der Waals surface area contributed by atoms with Gasteiger partial charge >= 0.3 is 0 Å². The predicted molar refractivity (Wildman–Crippen MR) is 45.5 cm³/mol. The highest BCUT2D eigenvalue weighted by molar-refractivity contribution is 6.18. The summed E-state index contributed by atoms with van der Waals surface area (Å²) in [6.07, 6.45) is 2.85. The third-order valence-electron chi connectivity index (χ3n) is 2.44. The number of rotatable bonds is 4. The van der Waals surface area contributed by atoms with E-state index in [2.05, 4.69) is 18.9 Å². The van der Waals surface area contributed by atoms with Gasteiger partial charge in [0.05, 0.1) is 0 Å². The Morgan fingerprint density at radius 3 is 2.60 bits per heavy atom. The minimum Gasteiger partial charge on any atom is -0.302 e. The zero-order valence-electron chi connectivity index (χ0n) is 6.81. The van der Waals surface area contributed by atoms with Crippen molar-refractivity contribution in [1.82, 2.24) is 4.90 Å². The third-order valence-corrected chi connectivity index (χ3v) is 2.61. The molecule has 1 nitrogen and oxygen atoms in total. The highest BCUT2D eigenvalue weighted by Gasteiger charge is 2.29. The van der Waals surface area contributed by atoms with Gasteiger partial charge in [0.2, 0.25) is 0 Å². The van der Waals surface area contributed by atoms with Gasteiger partial charge in [0.15, 0.2) is 0 Å². The molecule has 0 aromatic heterocycles. The molecule has 1 rings (SSSR count). The molecule has 0 aliphatic heterocycles. The molecule has 0 bridgehead atoms. The highest BCUT2D eigenvalue weighted by atomic mass is 35.5. The summed E-state index contributed by atoms with van der Waals surface area (Å²) >= 11 is 5.62. The number of alkyl halides is 1. The van der Waals surface area contributed by atoms with Gasteiger partial charge in [0, 0.05) is 18.5 Å². The maximum atomic E-state index is 5.62. The highest BCUT2D eigenvalue weighted by Crippen LogP contribution is 2.34. The average Bonchev–Trinajstić information content (AvgIpc) is 2.68. The molecule has 0 amide bonds. The summed E-state index contributed by atoms with van der Waals surface area (Å²) in [6, 6.07) is 0.749. The summed E-state index contributed by atoms with van der Waals surface area (Å²) in [7, 11) is 2.16. The molecule has 10 heavy (non-hydrogen) atoms. The maximum Gasteiger partial charge on any atom is 0.0351 e. The van der Waals surface area contributed by atoms with E-state index in [-0.39, 0.29) is 0 Å². The Kier molecular flexibility index (Phi) is 2.99. The van der Waals surface area contributed by atoms with Gasteiger partial charge in [-0.25, -0.2) is 0 Å². The van der Waals surface area contributed by atoms with Gasteiger partial charge in [-0.05, 0) is 32.7 Å². The van der Waals surface area contributed by atoms with Crippen LogP contribution in [0.25, 0.3) is 0 Å². The minimum atomic E-state index is 0.749. The summed E-state index contributed by atoms with van der Waals surface area (Å²) in [5.74, 6) is 1.72. The van der Waals surface area contributed by atoms with Crippen molar-refractivity contribution >= 4 is 11.6 Å². The maximum absolute atomic E-state index is 5.62. The molecule has 1 aliphatic rings. The van der Waals surface area contributed by atoms with E-state index >= 15 is 0 Å². The topological polar surface area (TPSA) is 3.24 Å². The first kappa shape index (κ1) is 8.35. The van der Waals surface area contributed by atoms with Crippen LogP contribution >= 0.6 is 11.6 Å². The van der Waals surface area contributed by atoms with Gasteiger partial charge in [0.1, 0.15) is 0 Å². The van der Waals surface area contributed by atoms with Crippen LogP contribution in [0.3, 0.4) is 0 Å². The summed E-state index contributed by atoms with van der Waals surface area (Å²) in [5, 5.41) is 0. The predicted octanol–water partition coefficient (Wildman–Crippen LogP) is 1.96. The molecule has 1 fully saturated rings. The second-order valence-electron chi connectivity index (χ2n) is 3.25. The van der Waals surface area contributed by atoms with Crippen molar-refractivity contribution in [3.8, 4) is 0 Å². The van der Waals surface area contributed by atoms with Crippen LogP contribution in [0.1, 0.15) is 19.8 Å². The van der Waals surface area contributed by atoms with E-state index in [0.717, 1.165) is 24.4 Å². The Morgan fingerprint density at radius 1 is 1.60 bits per heavy atom. The molecule has 0 saturated heterocycles. The van der Waals surface area contributed by atoms with Crippen LogP contribution in [0.4, 0.5) is 0 Å². The molecule has 0 radical (unpaired) electrons. The first-order chi connectivity index (χ1) is 4.75. The van der Waals surface area contributed by atoms with Gasteiger partial charge in [-0.2, -0.15) is 0 Å². The molecule has 1 aliphatic carbocycles. The first-order valence-electron chi connectivity index (χ1n) is 4.02. The second-order valence-corrected chi connectivity index (χ2v) is 3.63. The van der Waals surface area contributed by atoms with Crippen LogP contribution < -0.4 is 0 Å². The molecule has 60 valence electrons. The number of hydrogen-bond acceptors (Lipinski definition) is 1. The quantitative estimate of drug-likeness (QED) is 0.570. The van der Waals surface area contributed by atoms with E-state index in [9.17, 15) is 0 Å². The fourth-order valence-electron chi connectivity index (χ4n) is 1.28. The van der Waals surface area contributed by atoms with Crippen molar-refractivity contribution in [2.75, 3.05) is 19.5 Å². The third kappa shape index (κ3) is 2.14. The van der Waals surface area contributed by atoms with Crippen LogP contribution in [0.2, 0.25) is 0 Å². The molecular formula is C8H16ClN. The smallest absolute Gasteiger partial charge is 0.0351 e. The first-order valence-corrected chi connectivity index (χ1v) is 4.55. The standard InChI is InChI=1S/C8H16ClN/c1-7(8-3-4-8)10(2)6-5-9/h7-8H,3-6H2,1-2H3. The van der Waals surface area contributed by atoms with Crippen molar-refractivity contribution in [2.24, 2.45) is 5.92 Å². The SMILES string of the molecule is CC(C1CC1)N(C)CCCl. The Bertz CT molecular complexity index is 101. The zero-order valence-corrected chi connectivity index (χ0v) is 7.56. The van der Waals surface area contributed by atoms with Crippen molar-refractivity contribution in [3.05, 3.63) is 0 Å².